The first-order valence-electron chi connectivity index (χ1n) is 13.9. The molecule has 2 nitrogen and oxygen atoms in total. The number of hydrogen-bond acceptors (Lipinski definition) is 2. The van der Waals surface area contributed by atoms with Crippen molar-refractivity contribution in [1.82, 2.24) is 0 Å². The van der Waals surface area contributed by atoms with Crippen molar-refractivity contribution in [2.24, 2.45) is 52.3 Å². The third-order valence-electron chi connectivity index (χ3n) is 11.1. The van der Waals surface area contributed by atoms with Crippen molar-refractivity contribution in [3.63, 3.8) is 0 Å². The lowest BCUT2D eigenvalue weighted by Crippen LogP contribution is -2.54. The molecule has 9 unspecified atom stereocenters. The number of carbonyl (C=O) groups excluding carboxylic acids is 1. The molecule has 4 aliphatic rings. The topological polar surface area (TPSA) is 26.3 Å². The fraction of sp³-hybridized carbons (Fsp3) is 0.966. The third kappa shape index (κ3) is 4.12. The molecule has 9 atom stereocenters. The van der Waals surface area contributed by atoms with E-state index < -0.39 is 0 Å². The number of hydrogen-bond donors (Lipinski definition) is 0. The first kappa shape index (κ1) is 23.6. The number of ether oxygens (including phenoxy) is 1. The molecule has 178 valence electrons. The average molecular weight is 431 g/mol. The summed E-state index contributed by atoms with van der Waals surface area (Å²) >= 11 is 0. The minimum atomic E-state index is -0.00454. The molecule has 0 saturated heterocycles. The Balaban J connectivity index is 1.45. The van der Waals surface area contributed by atoms with E-state index in [2.05, 4.69) is 27.7 Å². The number of esters is 1. The molecule has 0 radical (unpaired) electrons. The van der Waals surface area contributed by atoms with Gasteiger partial charge in [-0.1, -0.05) is 60.8 Å². The summed E-state index contributed by atoms with van der Waals surface area (Å²) in [4.78, 5) is 12.2. The highest BCUT2D eigenvalue weighted by Gasteiger charge is 2.60. The Morgan fingerprint density at radius 3 is 2.35 bits per heavy atom. The van der Waals surface area contributed by atoms with Crippen LogP contribution in [0.3, 0.4) is 0 Å². The third-order valence-corrected chi connectivity index (χ3v) is 11.1. The molecule has 0 bridgehead atoms. The second-order valence-corrected chi connectivity index (χ2v) is 13.0. The van der Waals surface area contributed by atoms with Crippen LogP contribution in [0.1, 0.15) is 119 Å². The van der Waals surface area contributed by atoms with Gasteiger partial charge < -0.3 is 4.74 Å². The zero-order valence-corrected chi connectivity index (χ0v) is 21.4. The van der Waals surface area contributed by atoms with Crippen molar-refractivity contribution in [2.45, 2.75) is 125 Å². The largest absolute Gasteiger partial charge is 0.462 e. The molecule has 0 amide bonds. The second-order valence-electron chi connectivity index (χ2n) is 13.0. The van der Waals surface area contributed by atoms with Gasteiger partial charge in [0.2, 0.25) is 0 Å². The molecule has 0 aromatic carbocycles. The summed E-state index contributed by atoms with van der Waals surface area (Å²) in [6.07, 6.45) is 16.6. The standard InChI is InChI=1S/C29H50O2/c1-7-8-9-20(4)24-12-13-25-23-11-10-21-18-22(31-27(30)19(2)3)14-16-28(21,5)26(23)15-17-29(24,25)6/h19-26H,7-18H2,1-6H3. The van der Waals surface area contributed by atoms with Crippen molar-refractivity contribution in [3.8, 4) is 0 Å². The molecule has 2 heteroatoms. The van der Waals surface area contributed by atoms with Crippen LogP contribution in [-0.2, 0) is 9.53 Å². The minimum Gasteiger partial charge on any atom is -0.462 e. The summed E-state index contributed by atoms with van der Waals surface area (Å²) in [5.74, 6) is 5.47. The highest BCUT2D eigenvalue weighted by atomic mass is 16.5. The summed E-state index contributed by atoms with van der Waals surface area (Å²) < 4.78 is 5.90. The Labute approximate surface area is 192 Å². The maximum Gasteiger partial charge on any atom is 0.308 e. The van der Waals surface area contributed by atoms with Crippen LogP contribution < -0.4 is 0 Å². The van der Waals surface area contributed by atoms with Crippen LogP contribution in [0.2, 0.25) is 0 Å². The van der Waals surface area contributed by atoms with Crippen LogP contribution in [0.25, 0.3) is 0 Å². The van der Waals surface area contributed by atoms with Gasteiger partial charge in [0.15, 0.2) is 0 Å². The maximum atomic E-state index is 12.2. The molecule has 4 fully saturated rings. The zero-order chi connectivity index (χ0) is 22.4. The number of unbranched alkanes of at least 4 members (excludes halogenated alkanes) is 1. The summed E-state index contributed by atoms with van der Waals surface area (Å²) in [6, 6.07) is 0. The number of rotatable bonds is 6. The van der Waals surface area contributed by atoms with Gasteiger partial charge in [-0.15, -0.1) is 0 Å². The monoisotopic (exact) mass is 430 g/mol. The maximum absolute atomic E-state index is 12.2. The summed E-state index contributed by atoms with van der Waals surface area (Å²) in [5.41, 5.74) is 1.08. The first-order valence-corrected chi connectivity index (χ1v) is 13.9. The lowest BCUT2D eigenvalue weighted by atomic mass is 9.44. The molecule has 0 aromatic heterocycles. The Morgan fingerprint density at radius 2 is 1.65 bits per heavy atom. The smallest absolute Gasteiger partial charge is 0.308 e. The Kier molecular flexibility index (Phi) is 6.87. The lowest BCUT2D eigenvalue weighted by molar-refractivity contribution is -0.165. The van der Waals surface area contributed by atoms with E-state index in [0.29, 0.717) is 10.8 Å². The van der Waals surface area contributed by atoms with E-state index in [0.717, 1.165) is 48.3 Å². The first-order chi connectivity index (χ1) is 14.7. The van der Waals surface area contributed by atoms with Crippen molar-refractivity contribution >= 4 is 5.97 Å². The van der Waals surface area contributed by atoms with Crippen LogP contribution in [0.4, 0.5) is 0 Å². The van der Waals surface area contributed by atoms with E-state index in [1.807, 2.05) is 13.8 Å². The van der Waals surface area contributed by atoms with Crippen molar-refractivity contribution < 1.29 is 9.53 Å². The fourth-order valence-electron chi connectivity index (χ4n) is 9.33. The van der Waals surface area contributed by atoms with Gasteiger partial charge in [0.05, 0.1) is 5.92 Å². The molecule has 0 N–H and O–H groups in total. The lowest BCUT2D eigenvalue weighted by Gasteiger charge is -2.61. The van der Waals surface area contributed by atoms with Gasteiger partial charge in [-0.2, -0.15) is 0 Å². The van der Waals surface area contributed by atoms with Crippen LogP contribution in [0.5, 0.6) is 0 Å². The summed E-state index contributed by atoms with van der Waals surface area (Å²) in [5, 5.41) is 0. The molecule has 0 aromatic rings. The zero-order valence-electron chi connectivity index (χ0n) is 21.4. The molecular formula is C29H50O2. The molecule has 0 spiro atoms. The number of carbonyl (C=O) groups is 1. The van der Waals surface area contributed by atoms with E-state index in [-0.39, 0.29) is 18.0 Å². The Morgan fingerprint density at radius 1 is 0.935 bits per heavy atom. The molecule has 4 aliphatic carbocycles. The van der Waals surface area contributed by atoms with Gasteiger partial charge in [0, 0.05) is 0 Å². The SMILES string of the molecule is CCCCC(C)C1CCC2C3CCC4CC(OC(=O)C(C)C)CCC4(C)C3CCC12C. The Hall–Kier alpha value is -0.530. The van der Waals surface area contributed by atoms with Gasteiger partial charge in [0.1, 0.15) is 6.10 Å². The van der Waals surface area contributed by atoms with E-state index in [9.17, 15) is 4.79 Å². The van der Waals surface area contributed by atoms with Gasteiger partial charge in [-0.3, -0.25) is 4.79 Å². The van der Waals surface area contributed by atoms with Crippen LogP contribution in [0, 0.1) is 52.3 Å². The van der Waals surface area contributed by atoms with Gasteiger partial charge >= 0.3 is 5.97 Å². The highest BCUT2D eigenvalue weighted by molar-refractivity contribution is 5.71. The van der Waals surface area contributed by atoms with Crippen LogP contribution in [0.15, 0.2) is 0 Å². The molecule has 4 saturated carbocycles. The number of fused-ring (bicyclic) bond motifs is 5. The predicted molar refractivity (Wildman–Crippen MR) is 129 cm³/mol. The van der Waals surface area contributed by atoms with Gasteiger partial charge in [-0.05, 0) is 104 Å². The normalized spacial score (nSPS) is 45.5. The van der Waals surface area contributed by atoms with E-state index in [1.165, 1.54) is 64.2 Å². The molecule has 31 heavy (non-hydrogen) atoms. The molecule has 0 aliphatic heterocycles. The van der Waals surface area contributed by atoms with Crippen LogP contribution >= 0.6 is 0 Å². The summed E-state index contributed by atoms with van der Waals surface area (Å²) in [6.45, 7) is 14.2. The Bertz CT molecular complexity index is 641. The van der Waals surface area contributed by atoms with E-state index in [1.54, 1.807) is 0 Å². The predicted octanol–water partition coefficient (Wildman–Crippen LogP) is 8.04. The second kappa shape index (κ2) is 9.02. The fourth-order valence-corrected chi connectivity index (χ4v) is 9.33. The quantitative estimate of drug-likeness (QED) is 0.398. The van der Waals surface area contributed by atoms with Gasteiger partial charge in [0.25, 0.3) is 0 Å². The summed E-state index contributed by atoms with van der Waals surface area (Å²) in [7, 11) is 0. The van der Waals surface area contributed by atoms with Crippen molar-refractivity contribution in [1.29, 1.82) is 0 Å². The highest BCUT2D eigenvalue weighted by Crippen LogP contribution is 2.68. The minimum absolute atomic E-state index is 0.00454. The van der Waals surface area contributed by atoms with Crippen LogP contribution in [-0.4, -0.2) is 12.1 Å². The van der Waals surface area contributed by atoms with E-state index in [4.69, 9.17) is 4.74 Å². The van der Waals surface area contributed by atoms with E-state index >= 15 is 0 Å². The molecule has 0 heterocycles. The van der Waals surface area contributed by atoms with Crippen molar-refractivity contribution in [2.75, 3.05) is 0 Å². The van der Waals surface area contributed by atoms with Gasteiger partial charge in [-0.25, -0.2) is 0 Å². The average Bonchev–Trinajstić information content (AvgIpc) is 3.09. The molecular weight excluding hydrogens is 380 g/mol. The molecule has 4 rings (SSSR count). The van der Waals surface area contributed by atoms with Crippen molar-refractivity contribution in [3.05, 3.63) is 0 Å².